The Bertz CT molecular complexity index is 368. The molecule has 0 aromatic heterocycles. The van der Waals surface area contributed by atoms with Crippen molar-refractivity contribution in [2.45, 2.75) is 50.8 Å². The number of amides is 3. The molecule has 0 spiro atoms. The average molecular weight is 287 g/mol. The number of carbonyl (C=O) groups is 3. The van der Waals surface area contributed by atoms with Crippen molar-refractivity contribution in [3.63, 3.8) is 0 Å². The van der Waals surface area contributed by atoms with Crippen molar-refractivity contribution in [2.24, 2.45) is 5.73 Å². The first-order valence-corrected chi connectivity index (χ1v) is 6.60. The maximum atomic E-state index is 11.7. The maximum Gasteiger partial charge on any atom is 0.326 e. The summed E-state index contributed by atoms with van der Waals surface area (Å²) in [6.07, 6.45) is 1.64. The molecule has 0 aliphatic carbocycles. The lowest BCUT2D eigenvalue weighted by Gasteiger charge is -2.21. The van der Waals surface area contributed by atoms with E-state index in [1.165, 1.54) is 0 Å². The fourth-order valence-corrected chi connectivity index (χ4v) is 2.04. The number of urea groups is 1. The summed E-state index contributed by atoms with van der Waals surface area (Å²) in [5.74, 6) is -1.81. The van der Waals surface area contributed by atoms with Crippen LogP contribution in [0.5, 0.6) is 0 Å². The normalized spacial score (nSPS) is 20.9. The summed E-state index contributed by atoms with van der Waals surface area (Å²) in [6, 6.07) is -1.94. The minimum Gasteiger partial charge on any atom is -0.480 e. The Morgan fingerprint density at radius 1 is 1.40 bits per heavy atom. The molecule has 1 saturated heterocycles. The van der Waals surface area contributed by atoms with Gasteiger partial charge in [-0.15, -0.1) is 0 Å². The number of aliphatic carboxylic acids is 1. The Balaban J connectivity index is 2.40. The Labute approximate surface area is 117 Å². The van der Waals surface area contributed by atoms with Gasteiger partial charge >= 0.3 is 12.0 Å². The van der Waals surface area contributed by atoms with Gasteiger partial charge in [0.2, 0.25) is 5.91 Å². The van der Waals surface area contributed by atoms with E-state index in [4.69, 9.17) is 15.6 Å². The van der Waals surface area contributed by atoms with Gasteiger partial charge in [-0.1, -0.05) is 0 Å². The van der Waals surface area contributed by atoms with Gasteiger partial charge in [-0.3, -0.25) is 4.79 Å². The Hall–Kier alpha value is -1.83. The van der Waals surface area contributed by atoms with E-state index in [1.807, 2.05) is 0 Å². The number of nitrogens with two attached hydrogens (primary N) is 1. The lowest BCUT2D eigenvalue weighted by atomic mass is 10.1. The average Bonchev–Trinajstić information content (AvgIpc) is 2.87. The number of ether oxygens (including phenoxy) is 1. The number of primary amides is 1. The Morgan fingerprint density at radius 2 is 2.10 bits per heavy atom. The van der Waals surface area contributed by atoms with Crippen molar-refractivity contribution in [1.29, 1.82) is 0 Å². The van der Waals surface area contributed by atoms with Crippen molar-refractivity contribution >= 4 is 17.9 Å². The number of rotatable bonds is 7. The van der Waals surface area contributed by atoms with Crippen molar-refractivity contribution in [1.82, 2.24) is 10.6 Å². The zero-order chi connectivity index (χ0) is 15.1. The second-order valence-electron chi connectivity index (χ2n) is 4.85. The van der Waals surface area contributed by atoms with E-state index in [1.54, 1.807) is 6.92 Å². The third kappa shape index (κ3) is 5.43. The molecule has 5 N–H and O–H groups in total. The fraction of sp³-hybridized carbons (Fsp3) is 0.750. The van der Waals surface area contributed by atoms with Gasteiger partial charge in [0.25, 0.3) is 0 Å². The molecule has 8 nitrogen and oxygen atoms in total. The monoisotopic (exact) mass is 287 g/mol. The Morgan fingerprint density at radius 3 is 2.60 bits per heavy atom. The van der Waals surface area contributed by atoms with Crippen molar-refractivity contribution in [3.8, 4) is 0 Å². The summed E-state index contributed by atoms with van der Waals surface area (Å²) in [7, 11) is 0. The van der Waals surface area contributed by atoms with Gasteiger partial charge in [-0.25, -0.2) is 9.59 Å². The zero-order valence-electron chi connectivity index (χ0n) is 11.4. The molecule has 20 heavy (non-hydrogen) atoms. The lowest BCUT2D eigenvalue weighted by molar-refractivity contribution is -0.139. The summed E-state index contributed by atoms with van der Waals surface area (Å²) >= 11 is 0. The van der Waals surface area contributed by atoms with E-state index < -0.39 is 23.9 Å². The van der Waals surface area contributed by atoms with Crippen LogP contribution in [0.15, 0.2) is 0 Å². The highest BCUT2D eigenvalue weighted by atomic mass is 16.5. The van der Waals surface area contributed by atoms with Crippen LogP contribution in [0, 0.1) is 0 Å². The zero-order valence-corrected chi connectivity index (χ0v) is 11.4. The Kier molecular flexibility index (Phi) is 6.23. The van der Waals surface area contributed by atoms with E-state index >= 15 is 0 Å². The largest absolute Gasteiger partial charge is 0.480 e. The summed E-state index contributed by atoms with van der Waals surface area (Å²) in [4.78, 5) is 33.3. The van der Waals surface area contributed by atoms with E-state index in [9.17, 15) is 14.4 Å². The minimum atomic E-state index is -1.20. The van der Waals surface area contributed by atoms with Gasteiger partial charge in [0.05, 0.1) is 12.1 Å². The van der Waals surface area contributed by atoms with Crippen molar-refractivity contribution in [3.05, 3.63) is 0 Å². The molecule has 0 radical (unpaired) electrons. The van der Waals surface area contributed by atoms with E-state index in [2.05, 4.69) is 10.6 Å². The van der Waals surface area contributed by atoms with Crippen LogP contribution in [-0.4, -0.2) is 47.8 Å². The molecule has 1 aliphatic rings. The molecule has 1 heterocycles. The van der Waals surface area contributed by atoms with Crippen LogP contribution in [-0.2, 0) is 14.3 Å². The number of carbonyl (C=O) groups excluding carboxylic acids is 2. The molecule has 1 rings (SSSR count). The number of nitrogens with one attached hydrogen (secondary N) is 2. The van der Waals surface area contributed by atoms with E-state index in [0.29, 0.717) is 6.61 Å². The minimum absolute atomic E-state index is 0.0353. The van der Waals surface area contributed by atoms with Gasteiger partial charge in [0.1, 0.15) is 6.04 Å². The number of hydrogen-bond donors (Lipinski definition) is 4. The molecule has 0 aromatic rings. The molecule has 1 aliphatic heterocycles. The number of hydrogen-bond acceptors (Lipinski definition) is 4. The topological polar surface area (TPSA) is 131 Å². The van der Waals surface area contributed by atoms with Crippen molar-refractivity contribution in [2.75, 3.05) is 6.61 Å². The predicted octanol–water partition coefficient (Wildman–Crippen LogP) is -0.428. The molecule has 0 bridgehead atoms. The van der Waals surface area contributed by atoms with Crippen LogP contribution in [0.4, 0.5) is 4.79 Å². The molecule has 3 atom stereocenters. The molecular formula is C12H21N3O5. The molecule has 3 unspecified atom stereocenters. The van der Waals surface area contributed by atoms with Crippen LogP contribution in [0.3, 0.4) is 0 Å². The van der Waals surface area contributed by atoms with Crippen molar-refractivity contribution < 1.29 is 24.2 Å². The van der Waals surface area contributed by atoms with E-state index in [0.717, 1.165) is 12.8 Å². The molecule has 0 saturated carbocycles. The fourth-order valence-electron chi connectivity index (χ4n) is 2.04. The highest BCUT2D eigenvalue weighted by Gasteiger charge is 2.26. The van der Waals surface area contributed by atoms with Crippen LogP contribution in [0.1, 0.15) is 32.6 Å². The summed E-state index contributed by atoms with van der Waals surface area (Å²) in [5.41, 5.74) is 4.96. The third-order valence-electron chi connectivity index (χ3n) is 3.16. The van der Waals surface area contributed by atoms with Crippen LogP contribution < -0.4 is 16.4 Å². The van der Waals surface area contributed by atoms with Gasteiger partial charge in [0.15, 0.2) is 0 Å². The van der Waals surface area contributed by atoms with Crippen LogP contribution in [0.25, 0.3) is 0 Å². The molecule has 8 heteroatoms. The predicted molar refractivity (Wildman–Crippen MR) is 70.0 cm³/mol. The standard InChI is InChI=1S/C12H21N3O5/c1-7(9-3-2-6-20-9)14-12(19)15-8(11(17)18)4-5-10(13)16/h7-9H,2-6H2,1H3,(H2,13,16)(H,17,18)(H2,14,15,19). The van der Waals surface area contributed by atoms with Gasteiger partial charge in [0, 0.05) is 13.0 Å². The summed E-state index contributed by atoms with van der Waals surface area (Å²) in [5, 5.41) is 13.9. The molecular weight excluding hydrogens is 266 g/mol. The van der Waals surface area contributed by atoms with Gasteiger partial charge in [-0.05, 0) is 26.2 Å². The van der Waals surface area contributed by atoms with E-state index in [-0.39, 0.29) is 25.0 Å². The first-order valence-electron chi connectivity index (χ1n) is 6.60. The van der Waals surface area contributed by atoms with Crippen LogP contribution in [0.2, 0.25) is 0 Å². The first-order chi connectivity index (χ1) is 9.40. The first kappa shape index (κ1) is 16.2. The molecule has 3 amide bonds. The summed E-state index contributed by atoms with van der Waals surface area (Å²) in [6.45, 7) is 2.48. The smallest absolute Gasteiger partial charge is 0.326 e. The highest BCUT2D eigenvalue weighted by Crippen LogP contribution is 2.15. The van der Waals surface area contributed by atoms with Gasteiger partial charge < -0.3 is 26.2 Å². The third-order valence-corrected chi connectivity index (χ3v) is 3.16. The quantitative estimate of drug-likeness (QED) is 0.504. The lowest BCUT2D eigenvalue weighted by Crippen LogP contribution is -2.51. The van der Waals surface area contributed by atoms with Gasteiger partial charge in [-0.2, -0.15) is 0 Å². The molecule has 0 aromatic carbocycles. The number of carboxylic acid groups (broad SMARTS) is 1. The summed E-state index contributed by atoms with van der Waals surface area (Å²) < 4.78 is 5.43. The second kappa shape index (κ2) is 7.68. The second-order valence-corrected chi connectivity index (χ2v) is 4.85. The van der Waals surface area contributed by atoms with Crippen LogP contribution >= 0.6 is 0 Å². The maximum absolute atomic E-state index is 11.7. The molecule has 1 fully saturated rings. The highest BCUT2D eigenvalue weighted by molar-refractivity contribution is 5.83. The number of carboxylic acids is 1. The molecule has 114 valence electrons. The SMILES string of the molecule is CC(NC(=O)NC(CCC(N)=O)C(=O)O)C1CCCO1.